The smallest absolute Gasteiger partial charge is 0.272 e. The van der Waals surface area contributed by atoms with Crippen LogP contribution in [-0.2, 0) is 6.54 Å². The van der Waals surface area contributed by atoms with E-state index < -0.39 is 5.91 Å². The zero-order valence-corrected chi connectivity index (χ0v) is 14.4. The number of pyridine rings is 1. The van der Waals surface area contributed by atoms with Crippen molar-refractivity contribution in [1.29, 1.82) is 0 Å². The van der Waals surface area contributed by atoms with Gasteiger partial charge in [-0.1, -0.05) is 18.2 Å². The third-order valence-corrected chi connectivity index (χ3v) is 3.76. The van der Waals surface area contributed by atoms with Gasteiger partial charge in [0.2, 0.25) is 5.88 Å². The van der Waals surface area contributed by atoms with Crippen LogP contribution in [0.15, 0.2) is 53.3 Å². The van der Waals surface area contributed by atoms with Crippen LogP contribution in [0, 0.1) is 13.8 Å². The number of carbonyl (C=O) groups is 1. The molecule has 0 bridgehead atoms. The third-order valence-electron chi connectivity index (χ3n) is 3.76. The minimum atomic E-state index is -0.414. The number of hydrogen-bond donors (Lipinski definition) is 2. The topological polar surface area (TPSA) is 97.0 Å². The van der Waals surface area contributed by atoms with E-state index in [9.17, 15) is 9.59 Å². The van der Waals surface area contributed by atoms with E-state index in [4.69, 9.17) is 4.74 Å². The fourth-order valence-electron chi connectivity index (χ4n) is 2.47. The van der Waals surface area contributed by atoms with Crippen LogP contribution >= 0.6 is 0 Å². The minimum Gasteiger partial charge on any atom is -0.438 e. The molecule has 26 heavy (non-hydrogen) atoms. The number of benzene rings is 1. The number of carbonyl (C=O) groups excluding carboxylic acids is 1. The summed E-state index contributed by atoms with van der Waals surface area (Å²) in [5.41, 5.74) is 2.06. The van der Waals surface area contributed by atoms with Gasteiger partial charge in [-0.3, -0.25) is 9.59 Å². The van der Waals surface area contributed by atoms with Gasteiger partial charge < -0.3 is 15.0 Å². The first-order valence-electron chi connectivity index (χ1n) is 8.07. The van der Waals surface area contributed by atoms with Gasteiger partial charge in [-0.15, -0.1) is 10.2 Å². The van der Waals surface area contributed by atoms with Gasteiger partial charge in [-0.25, -0.2) is 0 Å². The molecular weight excluding hydrogens is 332 g/mol. The molecule has 0 radical (unpaired) electrons. The van der Waals surface area contributed by atoms with Gasteiger partial charge in [0.1, 0.15) is 5.75 Å². The molecular formula is C19H18N4O3. The molecule has 132 valence electrons. The van der Waals surface area contributed by atoms with Gasteiger partial charge in [-0.05, 0) is 43.7 Å². The van der Waals surface area contributed by atoms with Crippen LogP contribution in [-0.4, -0.2) is 21.1 Å². The van der Waals surface area contributed by atoms with E-state index in [0.717, 1.165) is 11.3 Å². The number of amides is 1. The maximum absolute atomic E-state index is 12.2. The number of rotatable bonds is 5. The first-order valence-corrected chi connectivity index (χ1v) is 8.07. The largest absolute Gasteiger partial charge is 0.438 e. The quantitative estimate of drug-likeness (QED) is 0.737. The van der Waals surface area contributed by atoms with E-state index in [2.05, 4.69) is 20.5 Å². The molecule has 7 heteroatoms. The maximum atomic E-state index is 12.2. The Hall–Kier alpha value is -3.48. The highest BCUT2D eigenvalue weighted by molar-refractivity contribution is 5.92. The zero-order chi connectivity index (χ0) is 18.5. The average molecular weight is 350 g/mol. The molecule has 2 heterocycles. The Morgan fingerprint density at radius 3 is 2.54 bits per heavy atom. The summed E-state index contributed by atoms with van der Waals surface area (Å²) in [7, 11) is 0. The van der Waals surface area contributed by atoms with Crippen LogP contribution < -0.4 is 15.6 Å². The van der Waals surface area contributed by atoms with Crippen molar-refractivity contribution in [2.24, 2.45) is 0 Å². The molecule has 0 spiro atoms. The van der Waals surface area contributed by atoms with Crippen LogP contribution in [0.5, 0.6) is 11.6 Å². The summed E-state index contributed by atoms with van der Waals surface area (Å²) in [4.78, 5) is 26.9. The Balaban J connectivity index is 1.64. The second-order valence-corrected chi connectivity index (χ2v) is 5.80. The number of aromatic amines is 1. The highest BCUT2D eigenvalue weighted by Crippen LogP contribution is 2.17. The van der Waals surface area contributed by atoms with Gasteiger partial charge in [0.15, 0.2) is 5.69 Å². The first kappa shape index (κ1) is 17.3. The Labute approximate surface area is 150 Å². The zero-order valence-electron chi connectivity index (χ0n) is 14.4. The molecule has 3 rings (SSSR count). The van der Waals surface area contributed by atoms with Crippen molar-refractivity contribution in [3.05, 3.63) is 81.4 Å². The van der Waals surface area contributed by atoms with Crippen molar-refractivity contribution in [3.8, 4) is 11.6 Å². The lowest BCUT2D eigenvalue weighted by Crippen LogP contribution is -2.28. The number of aromatic nitrogens is 3. The van der Waals surface area contributed by atoms with E-state index in [-0.39, 0.29) is 17.8 Å². The van der Waals surface area contributed by atoms with Gasteiger partial charge in [0.05, 0.1) is 0 Å². The Morgan fingerprint density at radius 2 is 1.88 bits per heavy atom. The van der Waals surface area contributed by atoms with Crippen LogP contribution in [0.3, 0.4) is 0 Å². The maximum Gasteiger partial charge on any atom is 0.272 e. The molecule has 0 unspecified atom stereocenters. The summed E-state index contributed by atoms with van der Waals surface area (Å²) < 4.78 is 5.53. The molecule has 0 fully saturated rings. The van der Waals surface area contributed by atoms with Crippen molar-refractivity contribution in [1.82, 2.24) is 20.5 Å². The normalized spacial score (nSPS) is 10.4. The van der Waals surface area contributed by atoms with Crippen LogP contribution in [0.2, 0.25) is 0 Å². The molecule has 0 aliphatic rings. The SMILES string of the molecule is Cc1cc(C)c(CNC(=O)c2ccc(Oc3ccccc3)nn2)c(=O)[nH]1. The van der Waals surface area contributed by atoms with Gasteiger partial charge in [-0.2, -0.15) is 0 Å². The Bertz CT molecular complexity index is 966. The summed E-state index contributed by atoms with van der Waals surface area (Å²) >= 11 is 0. The molecule has 0 aliphatic heterocycles. The number of ether oxygens (including phenoxy) is 1. The number of para-hydroxylation sites is 1. The molecule has 7 nitrogen and oxygen atoms in total. The number of nitrogens with one attached hydrogen (secondary N) is 2. The lowest BCUT2D eigenvalue weighted by molar-refractivity contribution is 0.0944. The second kappa shape index (κ2) is 7.60. The Morgan fingerprint density at radius 1 is 1.12 bits per heavy atom. The highest BCUT2D eigenvalue weighted by atomic mass is 16.5. The lowest BCUT2D eigenvalue weighted by atomic mass is 10.1. The summed E-state index contributed by atoms with van der Waals surface area (Å²) in [6.45, 7) is 3.76. The van der Waals surface area contributed by atoms with Crippen molar-refractivity contribution < 1.29 is 9.53 Å². The van der Waals surface area contributed by atoms with Crippen LogP contribution in [0.1, 0.15) is 27.3 Å². The molecule has 0 saturated carbocycles. The molecule has 3 aromatic rings. The van der Waals surface area contributed by atoms with E-state index in [1.807, 2.05) is 38.1 Å². The van der Waals surface area contributed by atoms with Crippen LogP contribution in [0.25, 0.3) is 0 Å². The lowest BCUT2D eigenvalue weighted by Gasteiger charge is -2.08. The third kappa shape index (κ3) is 4.13. The molecule has 0 atom stereocenters. The fourth-order valence-corrected chi connectivity index (χ4v) is 2.47. The molecule has 1 amide bonds. The molecule has 0 aliphatic carbocycles. The second-order valence-electron chi connectivity index (χ2n) is 5.80. The van der Waals surface area contributed by atoms with Crippen molar-refractivity contribution >= 4 is 5.91 Å². The van der Waals surface area contributed by atoms with Crippen molar-refractivity contribution in [2.75, 3.05) is 0 Å². The van der Waals surface area contributed by atoms with E-state index >= 15 is 0 Å². The Kier molecular flexibility index (Phi) is 5.07. The molecule has 1 aromatic carbocycles. The number of H-pyrrole nitrogens is 1. The van der Waals surface area contributed by atoms with Gasteiger partial charge in [0.25, 0.3) is 11.5 Å². The summed E-state index contributed by atoms with van der Waals surface area (Å²) in [6, 6.07) is 14.1. The van der Waals surface area contributed by atoms with Crippen molar-refractivity contribution in [3.63, 3.8) is 0 Å². The highest BCUT2D eigenvalue weighted by Gasteiger charge is 2.11. The standard InChI is InChI=1S/C19H18N4O3/c1-12-10-13(2)21-18(24)15(12)11-20-19(25)16-8-9-17(23-22-16)26-14-6-4-3-5-7-14/h3-10H,11H2,1-2H3,(H,20,25)(H,21,24). The molecule has 2 aromatic heterocycles. The predicted octanol–water partition coefficient (Wildman–Crippen LogP) is 2.50. The fraction of sp³-hybridized carbons (Fsp3) is 0.158. The van der Waals surface area contributed by atoms with E-state index in [1.54, 1.807) is 18.2 Å². The summed E-state index contributed by atoms with van der Waals surface area (Å²) in [5.74, 6) is 0.509. The molecule has 2 N–H and O–H groups in total. The average Bonchev–Trinajstić information content (AvgIpc) is 2.62. The predicted molar refractivity (Wildman–Crippen MR) is 96.3 cm³/mol. The number of aryl methyl sites for hydroxylation is 2. The summed E-state index contributed by atoms with van der Waals surface area (Å²) in [5, 5.41) is 10.5. The summed E-state index contributed by atoms with van der Waals surface area (Å²) in [6.07, 6.45) is 0. The number of hydrogen-bond acceptors (Lipinski definition) is 5. The monoisotopic (exact) mass is 350 g/mol. The molecule has 0 saturated heterocycles. The van der Waals surface area contributed by atoms with Crippen LogP contribution in [0.4, 0.5) is 0 Å². The van der Waals surface area contributed by atoms with E-state index in [0.29, 0.717) is 17.2 Å². The number of nitrogens with zero attached hydrogens (tertiary/aromatic N) is 2. The van der Waals surface area contributed by atoms with Crippen molar-refractivity contribution in [2.45, 2.75) is 20.4 Å². The van der Waals surface area contributed by atoms with Gasteiger partial charge in [0, 0.05) is 23.9 Å². The van der Waals surface area contributed by atoms with E-state index in [1.165, 1.54) is 6.07 Å². The first-order chi connectivity index (χ1) is 12.5. The van der Waals surface area contributed by atoms with Gasteiger partial charge >= 0.3 is 0 Å². The minimum absolute atomic E-state index is 0.115.